The zero-order valence-electron chi connectivity index (χ0n) is 13.5. The summed E-state index contributed by atoms with van der Waals surface area (Å²) in [6.07, 6.45) is 9.18. The zero-order valence-corrected chi connectivity index (χ0v) is 13.5. The topological polar surface area (TPSA) is 102 Å². The van der Waals surface area contributed by atoms with Gasteiger partial charge in [-0.2, -0.15) is 0 Å². The molecule has 0 aliphatic carbocycles. The lowest BCUT2D eigenvalue weighted by atomic mass is 10.1. The Morgan fingerprint density at radius 2 is 1.84 bits per heavy atom. The summed E-state index contributed by atoms with van der Waals surface area (Å²) >= 11 is 0. The van der Waals surface area contributed by atoms with E-state index >= 15 is 0 Å². The lowest BCUT2D eigenvalue weighted by Crippen LogP contribution is -2.26. The lowest BCUT2D eigenvalue weighted by molar-refractivity contribution is -0.384. The maximum Gasteiger partial charge on any atom is 0.273 e. The Balaban J connectivity index is 1.44. The molecule has 0 fully saturated rings. The quantitative estimate of drug-likeness (QED) is 0.404. The normalized spacial score (nSPS) is 10.7. The van der Waals surface area contributed by atoms with Crippen LogP contribution in [0.3, 0.4) is 0 Å². The highest BCUT2D eigenvalue weighted by Crippen LogP contribution is 2.13. The molecule has 3 aromatic rings. The molecule has 2 heterocycles. The third-order valence-electron chi connectivity index (χ3n) is 3.85. The van der Waals surface area contributed by atoms with E-state index in [1.807, 2.05) is 0 Å². The zero-order chi connectivity index (χ0) is 17.6. The van der Waals surface area contributed by atoms with E-state index in [-0.39, 0.29) is 11.6 Å². The van der Waals surface area contributed by atoms with Gasteiger partial charge in [0.05, 0.1) is 4.92 Å². The molecule has 1 amide bonds. The van der Waals surface area contributed by atoms with E-state index in [9.17, 15) is 14.9 Å². The van der Waals surface area contributed by atoms with Crippen LogP contribution in [0.2, 0.25) is 0 Å². The summed E-state index contributed by atoms with van der Waals surface area (Å²) in [6, 6.07) is 6.54. The first kappa shape index (κ1) is 16.6. The third-order valence-corrected chi connectivity index (χ3v) is 3.85. The lowest BCUT2D eigenvalue weighted by Gasteiger charge is -2.06. The van der Waals surface area contributed by atoms with Crippen LogP contribution in [-0.2, 0) is 6.42 Å². The van der Waals surface area contributed by atoms with Crippen LogP contribution in [0.1, 0.15) is 28.9 Å². The Hall–Kier alpha value is -3.29. The van der Waals surface area contributed by atoms with Crippen molar-refractivity contribution < 1.29 is 9.72 Å². The van der Waals surface area contributed by atoms with Crippen molar-refractivity contribution in [2.45, 2.75) is 19.3 Å². The van der Waals surface area contributed by atoms with E-state index in [4.69, 9.17) is 0 Å². The molecule has 0 saturated heterocycles. The highest BCUT2D eigenvalue weighted by atomic mass is 16.6. The molecule has 0 aliphatic rings. The number of nitrogens with zero attached hydrogens (tertiary/aromatic N) is 4. The number of carbonyl (C=O) groups is 1. The first-order chi connectivity index (χ1) is 12.1. The Bertz CT molecular complexity index is 889. The number of non-ortho nitro benzene ring substituents is 1. The van der Waals surface area contributed by atoms with E-state index in [0.717, 1.165) is 24.8 Å². The van der Waals surface area contributed by atoms with Gasteiger partial charge >= 0.3 is 0 Å². The van der Waals surface area contributed by atoms with Crippen molar-refractivity contribution in [2.75, 3.05) is 6.54 Å². The molecule has 0 saturated carbocycles. The predicted molar refractivity (Wildman–Crippen MR) is 91.4 cm³/mol. The van der Waals surface area contributed by atoms with Crippen LogP contribution in [0.5, 0.6) is 0 Å². The largest absolute Gasteiger partial charge is 0.351 e. The highest BCUT2D eigenvalue weighted by molar-refractivity contribution is 5.97. The van der Waals surface area contributed by atoms with Gasteiger partial charge in [0.15, 0.2) is 11.3 Å². The minimum atomic E-state index is -0.409. The van der Waals surface area contributed by atoms with Crippen LogP contribution in [0.15, 0.2) is 49.1 Å². The number of aromatic nitrogens is 3. The summed E-state index contributed by atoms with van der Waals surface area (Å²) in [6.45, 7) is 0.537. The summed E-state index contributed by atoms with van der Waals surface area (Å²) in [4.78, 5) is 30.6. The van der Waals surface area contributed by atoms with Gasteiger partial charge in [-0.15, -0.1) is 0 Å². The molecular weight excluding hydrogens is 322 g/mol. The van der Waals surface area contributed by atoms with Crippen molar-refractivity contribution in [2.24, 2.45) is 0 Å². The summed E-state index contributed by atoms with van der Waals surface area (Å²) in [7, 11) is 0. The number of nitrogens with one attached hydrogen (secondary N) is 1. The van der Waals surface area contributed by atoms with Crippen molar-refractivity contribution in [3.05, 3.63) is 70.4 Å². The second kappa shape index (κ2) is 7.52. The van der Waals surface area contributed by atoms with Gasteiger partial charge in [-0.3, -0.25) is 14.9 Å². The Morgan fingerprint density at radius 1 is 1.12 bits per heavy atom. The van der Waals surface area contributed by atoms with Crippen LogP contribution in [0, 0.1) is 10.1 Å². The third kappa shape index (κ3) is 3.97. The van der Waals surface area contributed by atoms with Gasteiger partial charge < -0.3 is 9.72 Å². The van der Waals surface area contributed by atoms with Crippen molar-refractivity contribution in [3.8, 4) is 0 Å². The van der Waals surface area contributed by atoms with Gasteiger partial charge in [-0.05, 0) is 24.8 Å². The fourth-order valence-corrected chi connectivity index (χ4v) is 2.54. The number of imidazole rings is 1. The molecule has 25 heavy (non-hydrogen) atoms. The summed E-state index contributed by atoms with van der Waals surface area (Å²) in [5.74, 6) is -0.243. The number of hydrogen-bond donors (Lipinski definition) is 1. The number of rotatable bonds is 7. The molecule has 0 spiro atoms. The fourth-order valence-electron chi connectivity index (χ4n) is 2.54. The Labute approximate surface area is 143 Å². The van der Waals surface area contributed by atoms with Crippen LogP contribution in [0.25, 0.3) is 5.65 Å². The van der Waals surface area contributed by atoms with E-state index in [2.05, 4.69) is 15.3 Å². The van der Waals surface area contributed by atoms with E-state index < -0.39 is 4.92 Å². The van der Waals surface area contributed by atoms with E-state index in [1.54, 1.807) is 41.3 Å². The molecule has 3 rings (SSSR count). The van der Waals surface area contributed by atoms with E-state index in [0.29, 0.717) is 17.9 Å². The number of unbranched alkanes of at least 4 members (excludes halogenated alkanes) is 1. The smallest absolute Gasteiger partial charge is 0.273 e. The van der Waals surface area contributed by atoms with E-state index in [1.165, 1.54) is 12.1 Å². The standard InChI is InChI=1S/C17H17N5O3/c23-17(15-16-19-10-12-21(16)11-9-18-15)20-8-2-1-3-13-4-6-14(7-5-13)22(24)25/h4-7,9-12H,1-3,8H2,(H,20,23). The number of nitro benzene ring substituents is 1. The summed E-state index contributed by atoms with van der Waals surface area (Å²) in [5.41, 5.74) is 1.98. The summed E-state index contributed by atoms with van der Waals surface area (Å²) in [5, 5.41) is 13.5. The maximum absolute atomic E-state index is 12.2. The molecule has 0 aliphatic heterocycles. The Kier molecular flexibility index (Phi) is 4.98. The highest BCUT2D eigenvalue weighted by Gasteiger charge is 2.12. The molecule has 0 bridgehead atoms. The van der Waals surface area contributed by atoms with Crippen LogP contribution in [0.4, 0.5) is 5.69 Å². The second-order valence-corrected chi connectivity index (χ2v) is 5.57. The van der Waals surface area contributed by atoms with Gasteiger partial charge in [0, 0.05) is 43.5 Å². The number of aryl methyl sites for hydroxylation is 1. The van der Waals surface area contributed by atoms with Gasteiger partial charge in [0.1, 0.15) is 0 Å². The SMILES string of the molecule is O=C(NCCCCc1ccc([N+](=O)[O-])cc1)c1nccn2ccnc12. The minimum Gasteiger partial charge on any atom is -0.351 e. The average molecular weight is 339 g/mol. The first-order valence-electron chi connectivity index (χ1n) is 7.94. The van der Waals surface area contributed by atoms with Gasteiger partial charge in [0.2, 0.25) is 0 Å². The number of nitro groups is 1. The summed E-state index contributed by atoms with van der Waals surface area (Å²) < 4.78 is 1.75. The fraction of sp³-hybridized carbons (Fsp3) is 0.235. The molecule has 128 valence electrons. The van der Waals surface area contributed by atoms with Crippen molar-refractivity contribution in [3.63, 3.8) is 0 Å². The molecule has 0 radical (unpaired) electrons. The molecule has 8 nitrogen and oxygen atoms in total. The molecule has 2 aromatic heterocycles. The number of carbonyl (C=O) groups excluding carboxylic acids is 1. The van der Waals surface area contributed by atoms with Crippen LogP contribution < -0.4 is 5.32 Å². The number of amides is 1. The monoisotopic (exact) mass is 339 g/mol. The molecular formula is C17H17N5O3. The van der Waals surface area contributed by atoms with Crippen molar-refractivity contribution >= 4 is 17.2 Å². The number of fused-ring (bicyclic) bond motifs is 1. The number of hydrogen-bond acceptors (Lipinski definition) is 5. The van der Waals surface area contributed by atoms with Gasteiger partial charge in [-0.1, -0.05) is 12.1 Å². The van der Waals surface area contributed by atoms with Gasteiger partial charge in [0.25, 0.3) is 11.6 Å². The first-order valence-corrected chi connectivity index (χ1v) is 7.94. The van der Waals surface area contributed by atoms with Crippen molar-refractivity contribution in [1.82, 2.24) is 19.7 Å². The van der Waals surface area contributed by atoms with Crippen LogP contribution in [-0.4, -0.2) is 31.7 Å². The number of benzene rings is 1. The predicted octanol–water partition coefficient (Wildman–Crippen LogP) is 2.39. The molecule has 8 heteroatoms. The van der Waals surface area contributed by atoms with Crippen molar-refractivity contribution in [1.29, 1.82) is 0 Å². The molecule has 0 unspecified atom stereocenters. The van der Waals surface area contributed by atoms with Crippen LogP contribution >= 0.6 is 0 Å². The maximum atomic E-state index is 12.2. The minimum absolute atomic E-state index is 0.0941. The van der Waals surface area contributed by atoms with Gasteiger partial charge in [-0.25, -0.2) is 9.97 Å². The molecule has 0 atom stereocenters. The molecule has 1 N–H and O–H groups in total. The second-order valence-electron chi connectivity index (χ2n) is 5.57. The molecule has 1 aromatic carbocycles. The Morgan fingerprint density at radius 3 is 2.56 bits per heavy atom. The average Bonchev–Trinajstić information content (AvgIpc) is 3.10.